The van der Waals surface area contributed by atoms with Crippen LogP contribution in [0.25, 0.3) is 0 Å². The van der Waals surface area contributed by atoms with Gasteiger partial charge in [-0.15, -0.1) is 0 Å². The van der Waals surface area contributed by atoms with Gasteiger partial charge in [0.25, 0.3) is 0 Å². The summed E-state index contributed by atoms with van der Waals surface area (Å²) in [5.74, 6) is -9.60. The summed E-state index contributed by atoms with van der Waals surface area (Å²) < 4.78 is 53.0. The van der Waals surface area contributed by atoms with Crippen molar-refractivity contribution in [2.75, 3.05) is 10.6 Å². The summed E-state index contributed by atoms with van der Waals surface area (Å²) in [6, 6.07) is 6.73. The molecule has 0 bridgehead atoms. The first-order chi connectivity index (χ1) is 9.91. The number of nitrogens with one attached hydrogen (secondary N) is 2. The second kappa shape index (κ2) is 5.70. The molecule has 110 valence electrons. The van der Waals surface area contributed by atoms with Crippen molar-refractivity contribution < 1.29 is 27.5 Å². The molecule has 0 heterocycles. The molecule has 0 saturated carbocycles. The molecule has 0 saturated heterocycles. The molecule has 4 nitrogen and oxygen atoms in total. The minimum atomic E-state index is -2.00. The lowest BCUT2D eigenvalue weighted by Gasteiger charge is -2.11. The van der Waals surface area contributed by atoms with Crippen molar-refractivity contribution >= 4 is 17.4 Å². The van der Waals surface area contributed by atoms with Crippen molar-refractivity contribution in [2.24, 2.45) is 0 Å². The third kappa shape index (κ3) is 2.88. The predicted octanol–water partition coefficient (Wildman–Crippen LogP) is 3.59. The Kier molecular flexibility index (Phi) is 3.97. The van der Waals surface area contributed by atoms with Gasteiger partial charge in [-0.1, -0.05) is 18.2 Å². The lowest BCUT2D eigenvalue weighted by atomic mass is 10.2. The first-order valence-electron chi connectivity index (χ1n) is 5.59. The molecule has 0 radical (unpaired) electrons. The third-order valence-corrected chi connectivity index (χ3v) is 2.51. The van der Waals surface area contributed by atoms with E-state index >= 15 is 0 Å². The Morgan fingerprint density at radius 2 is 1.38 bits per heavy atom. The van der Waals surface area contributed by atoms with Gasteiger partial charge in [-0.2, -0.15) is 8.78 Å². The van der Waals surface area contributed by atoms with E-state index in [1.54, 1.807) is 23.5 Å². The quantitative estimate of drug-likeness (QED) is 0.451. The van der Waals surface area contributed by atoms with E-state index in [1.807, 2.05) is 0 Å². The van der Waals surface area contributed by atoms with Crippen molar-refractivity contribution in [1.82, 2.24) is 0 Å². The summed E-state index contributed by atoms with van der Waals surface area (Å²) in [5, 5.41) is 12.7. The molecule has 0 fully saturated rings. The molecule has 3 N–H and O–H groups in total. The van der Waals surface area contributed by atoms with Gasteiger partial charge >= 0.3 is 6.03 Å². The fourth-order valence-electron chi connectivity index (χ4n) is 1.53. The highest BCUT2D eigenvalue weighted by Crippen LogP contribution is 2.32. The maximum Gasteiger partial charge on any atom is 0.323 e. The van der Waals surface area contributed by atoms with Crippen LogP contribution < -0.4 is 10.6 Å². The number of rotatable bonds is 2. The lowest BCUT2D eigenvalue weighted by Crippen LogP contribution is -2.21. The normalized spacial score (nSPS) is 10.3. The SMILES string of the molecule is O=C(Nc1ccccc1)Nc1c(F)c(F)c(O)c(F)c1F. The third-order valence-electron chi connectivity index (χ3n) is 2.51. The van der Waals surface area contributed by atoms with Gasteiger partial charge in [0.15, 0.2) is 17.4 Å². The largest absolute Gasteiger partial charge is 0.503 e. The predicted molar refractivity (Wildman–Crippen MR) is 67.0 cm³/mol. The van der Waals surface area contributed by atoms with Crippen molar-refractivity contribution in [3.63, 3.8) is 0 Å². The van der Waals surface area contributed by atoms with E-state index in [4.69, 9.17) is 5.11 Å². The van der Waals surface area contributed by atoms with Crippen LogP contribution in [0.4, 0.5) is 33.7 Å². The molecule has 21 heavy (non-hydrogen) atoms. The van der Waals surface area contributed by atoms with Gasteiger partial charge < -0.3 is 15.7 Å². The second-order valence-corrected chi connectivity index (χ2v) is 3.92. The molecule has 0 atom stereocenters. The zero-order valence-electron chi connectivity index (χ0n) is 10.3. The number of amides is 2. The zero-order chi connectivity index (χ0) is 15.6. The van der Waals surface area contributed by atoms with E-state index < -0.39 is 40.7 Å². The molecule has 2 aromatic carbocycles. The number of carbonyl (C=O) groups is 1. The Labute approximate surface area is 116 Å². The highest BCUT2D eigenvalue weighted by molar-refractivity contribution is 5.99. The first kappa shape index (κ1) is 14.6. The molecule has 0 aliphatic carbocycles. The number of benzene rings is 2. The van der Waals surface area contributed by atoms with Crippen molar-refractivity contribution in [1.29, 1.82) is 0 Å². The molecule has 0 aliphatic heterocycles. The number of urea groups is 1. The van der Waals surface area contributed by atoms with Gasteiger partial charge in [0.2, 0.25) is 11.6 Å². The summed E-state index contributed by atoms with van der Waals surface area (Å²) in [6.45, 7) is 0. The molecule has 8 heteroatoms. The van der Waals surface area contributed by atoms with Crippen LogP contribution >= 0.6 is 0 Å². The number of phenolic OH excluding ortho intramolecular Hbond substituents is 1. The molecular formula is C13H8F4N2O2. The van der Waals surface area contributed by atoms with Gasteiger partial charge in [-0.25, -0.2) is 13.6 Å². The van der Waals surface area contributed by atoms with Crippen LogP contribution in [0.2, 0.25) is 0 Å². The number of phenols is 1. The van der Waals surface area contributed by atoms with Crippen molar-refractivity contribution in [3.8, 4) is 5.75 Å². The van der Waals surface area contributed by atoms with E-state index in [1.165, 1.54) is 12.1 Å². The smallest absolute Gasteiger partial charge is 0.323 e. The van der Waals surface area contributed by atoms with Crippen LogP contribution in [0.15, 0.2) is 30.3 Å². The van der Waals surface area contributed by atoms with E-state index in [0.717, 1.165) is 0 Å². The van der Waals surface area contributed by atoms with Crippen LogP contribution in [0.1, 0.15) is 0 Å². The fraction of sp³-hybridized carbons (Fsp3) is 0. The van der Waals surface area contributed by atoms with Crippen LogP contribution in [0.5, 0.6) is 5.75 Å². The number of aromatic hydroxyl groups is 1. The standard InChI is InChI=1S/C13H8F4N2O2/c14-7-9(16)12(20)10(17)8(15)11(7)19-13(21)18-6-4-2-1-3-5-6/h1-5,20H,(H2,18,19,21). The fourth-order valence-corrected chi connectivity index (χ4v) is 1.53. The van der Waals surface area contributed by atoms with E-state index in [0.29, 0.717) is 5.69 Å². The molecule has 2 aromatic rings. The topological polar surface area (TPSA) is 61.4 Å². The number of halogens is 4. The summed E-state index contributed by atoms with van der Waals surface area (Å²) in [6.07, 6.45) is 0. The first-order valence-corrected chi connectivity index (χ1v) is 5.59. The van der Waals surface area contributed by atoms with Crippen LogP contribution in [-0.2, 0) is 0 Å². The van der Waals surface area contributed by atoms with Crippen LogP contribution in [-0.4, -0.2) is 11.1 Å². The van der Waals surface area contributed by atoms with E-state index in [-0.39, 0.29) is 0 Å². The molecule has 0 spiro atoms. The van der Waals surface area contributed by atoms with Crippen LogP contribution in [0, 0.1) is 23.3 Å². The maximum atomic E-state index is 13.4. The van der Waals surface area contributed by atoms with Gasteiger partial charge in [-0.3, -0.25) is 0 Å². The number of carbonyl (C=O) groups excluding carboxylic acids is 1. The highest BCUT2D eigenvalue weighted by atomic mass is 19.2. The summed E-state index contributed by atoms with van der Waals surface area (Å²) in [7, 11) is 0. The molecular weight excluding hydrogens is 292 g/mol. The Balaban J connectivity index is 2.26. The van der Waals surface area contributed by atoms with Crippen molar-refractivity contribution in [2.45, 2.75) is 0 Å². The molecule has 0 unspecified atom stereocenters. The van der Waals surface area contributed by atoms with Crippen LogP contribution in [0.3, 0.4) is 0 Å². The number of hydrogen-bond acceptors (Lipinski definition) is 2. The zero-order valence-corrected chi connectivity index (χ0v) is 10.3. The Morgan fingerprint density at radius 3 is 1.90 bits per heavy atom. The monoisotopic (exact) mass is 300 g/mol. The molecule has 0 aromatic heterocycles. The van der Waals surface area contributed by atoms with Crippen molar-refractivity contribution in [3.05, 3.63) is 53.6 Å². The summed E-state index contributed by atoms with van der Waals surface area (Å²) in [4.78, 5) is 11.5. The Hall–Kier alpha value is -2.77. The van der Waals surface area contributed by atoms with E-state index in [9.17, 15) is 22.4 Å². The highest BCUT2D eigenvalue weighted by Gasteiger charge is 2.26. The minimum Gasteiger partial charge on any atom is -0.503 e. The molecule has 2 amide bonds. The van der Waals surface area contributed by atoms with Gasteiger partial charge in [0, 0.05) is 5.69 Å². The average Bonchev–Trinajstić information content (AvgIpc) is 2.48. The molecule has 2 rings (SSSR count). The summed E-state index contributed by atoms with van der Waals surface area (Å²) in [5.41, 5.74) is -1.04. The second-order valence-electron chi connectivity index (χ2n) is 3.92. The summed E-state index contributed by atoms with van der Waals surface area (Å²) >= 11 is 0. The average molecular weight is 300 g/mol. The van der Waals surface area contributed by atoms with E-state index in [2.05, 4.69) is 5.32 Å². The van der Waals surface area contributed by atoms with Gasteiger partial charge in [0.05, 0.1) is 0 Å². The van der Waals surface area contributed by atoms with Gasteiger partial charge in [-0.05, 0) is 12.1 Å². The number of hydrogen-bond donors (Lipinski definition) is 3. The minimum absolute atomic E-state index is 0.301. The van der Waals surface area contributed by atoms with Gasteiger partial charge in [0.1, 0.15) is 5.69 Å². The lowest BCUT2D eigenvalue weighted by molar-refractivity contribution is 0.261. The number of anilines is 2. The number of para-hydroxylation sites is 1. The molecule has 0 aliphatic rings. The maximum absolute atomic E-state index is 13.4. The Morgan fingerprint density at radius 1 is 0.857 bits per heavy atom. The Bertz CT molecular complexity index is 663.